The van der Waals surface area contributed by atoms with Gasteiger partial charge in [0.05, 0.1) is 12.2 Å². The molecule has 0 aliphatic carbocycles. The second kappa shape index (κ2) is 12.3. The molecule has 2 aliphatic heterocycles. The molecule has 3 N–H and O–H groups in total. The van der Waals surface area contributed by atoms with Gasteiger partial charge in [0, 0.05) is 45.8 Å². The first kappa shape index (κ1) is 23.8. The third-order valence-corrected chi connectivity index (χ3v) is 5.75. The zero-order chi connectivity index (χ0) is 22.8. The predicted molar refractivity (Wildman–Crippen MR) is 126 cm³/mol. The molecule has 0 spiro atoms. The van der Waals surface area contributed by atoms with Gasteiger partial charge < -0.3 is 25.6 Å². The Labute approximate surface area is 190 Å². The highest BCUT2D eigenvalue weighted by molar-refractivity contribution is 5.97. The van der Waals surface area contributed by atoms with E-state index in [0.717, 1.165) is 62.7 Å². The van der Waals surface area contributed by atoms with Crippen molar-refractivity contribution in [3.8, 4) is 5.75 Å². The number of hydrogen-bond acceptors (Lipinski definition) is 5. The van der Waals surface area contributed by atoms with Crippen molar-refractivity contribution in [2.24, 2.45) is 4.99 Å². The molecule has 3 rings (SSSR count). The molecule has 0 aromatic heterocycles. The lowest BCUT2D eigenvalue weighted by Gasteiger charge is -2.32. The Morgan fingerprint density at radius 1 is 1.19 bits per heavy atom. The van der Waals surface area contributed by atoms with Crippen LogP contribution in [0.15, 0.2) is 29.3 Å². The number of benzene rings is 1. The Morgan fingerprint density at radius 2 is 1.97 bits per heavy atom. The van der Waals surface area contributed by atoms with Gasteiger partial charge in [0.1, 0.15) is 5.75 Å². The molecule has 0 radical (unpaired) electrons. The van der Waals surface area contributed by atoms with Gasteiger partial charge in [-0.1, -0.05) is 19.1 Å². The molecular formula is C23H36N6O3. The zero-order valence-electron chi connectivity index (χ0n) is 19.2. The van der Waals surface area contributed by atoms with Crippen LogP contribution in [-0.4, -0.2) is 81.6 Å². The lowest BCUT2D eigenvalue weighted by molar-refractivity contribution is -0.122. The number of ether oxygens (including phenoxy) is 1. The number of anilines is 1. The number of carbonyl (C=O) groups is 2. The van der Waals surface area contributed by atoms with Gasteiger partial charge in [-0.3, -0.25) is 19.5 Å². The summed E-state index contributed by atoms with van der Waals surface area (Å²) in [6.07, 6.45) is 3.70. The number of rotatable bonds is 9. The van der Waals surface area contributed by atoms with Crippen LogP contribution in [0.5, 0.6) is 5.75 Å². The van der Waals surface area contributed by atoms with Crippen molar-refractivity contribution in [3.05, 3.63) is 24.3 Å². The van der Waals surface area contributed by atoms with Crippen LogP contribution in [0.25, 0.3) is 0 Å². The fraction of sp³-hybridized carbons (Fsp3) is 0.609. The summed E-state index contributed by atoms with van der Waals surface area (Å²) in [6, 6.07) is 7.97. The molecule has 9 heteroatoms. The van der Waals surface area contributed by atoms with E-state index in [9.17, 15) is 9.59 Å². The number of hydrogen-bond donors (Lipinski definition) is 3. The Morgan fingerprint density at radius 3 is 2.72 bits per heavy atom. The molecule has 2 amide bonds. The Hall–Kier alpha value is -2.81. The van der Waals surface area contributed by atoms with Crippen LogP contribution in [-0.2, 0) is 9.59 Å². The summed E-state index contributed by atoms with van der Waals surface area (Å²) >= 11 is 0. The molecule has 0 unspecified atom stereocenters. The van der Waals surface area contributed by atoms with Crippen LogP contribution in [0.2, 0.25) is 0 Å². The molecule has 0 atom stereocenters. The lowest BCUT2D eigenvalue weighted by atomic mass is 10.1. The highest BCUT2D eigenvalue weighted by Crippen LogP contribution is 2.31. The molecule has 0 saturated carbocycles. The van der Waals surface area contributed by atoms with E-state index >= 15 is 0 Å². The predicted octanol–water partition coefficient (Wildman–Crippen LogP) is 0.958. The second-order valence-electron chi connectivity index (χ2n) is 8.20. The molecule has 1 fully saturated rings. The molecule has 2 aliphatic rings. The van der Waals surface area contributed by atoms with Gasteiger partial charge in [0.15, 0.2) is 12.6 Å². The Balaban J connectivity index is 1.35. The first-order valence-electron chi connectivity index (χ1n) is 11.6. The average molecular weight is 445 g/mol. The number of nitrogens with one attached hydrogen (secondary N) is 3. The van der Waals surface area contributed by atoms with Gasteiger partial charge in [-0.25, -0.2) is 0 Å². The summed E-state index contributed by atoms with van der Waals surface area (Å²) in [5.74, 6) is 1.63. The molecule has 9 nitrogen and oxygen atoms in total. The van der Waals surface area contributed by atoms with Crippen LogP contribution in [0.3, 0.4) is 0 Å². The van der Waals surface area contributed by atoms with Crippen LogP contribution < -0.4 is 25.6 Å². The number of aliphatic imine (C=N–C) groups is 1. The molecule has 1 aromatic carbocycles. The van der Waals surface area contributed by atoms with Crippen molar-refractivity contribution < 1.29 is 14.3 Å². The van der Waals surface area contributed by atoms with E-state index in [1.807, 2.05) is 24.3 Å². The van der Waals surface area contributed by atoms with Crippen LogP contribution in [0.4, 0.5) is 5.69 Å². The van der Waals surface area contributed by atoms with Crippen molar-refractivity contribution in [2.45, 2.75) is 38.6 Å². The molecule has 0 bridgehead atoms. The maximum atomic E-state index is 12.3. The highest BCUT2D eigenvalue weighted by Gasteiger charge is 2.25. The van der Waals surface area contributed by atoms with Gasteiger partial charge in [0.25, 0.3) is 5.91 Å². The third kappa shape index (κ3) is 6.85. The zero-order valence-corrected chi connectivity index (χ0v) is 19.2. The van der Waals surface area contributed by atoms with E-state index in [-0.39, 0.29) is 18.4 Å². The van der Waals surface area contributed by atoms with Crippen molar-refractivity contribution in [1.29, 1.82) is 0 Å². The number of nitrogens with zero attached hydrogens (tertiary/aromatic N) is 3. The summed E-state index contributed by atoms with van der Waals surface area (Å²) < 4.78 is 5.50. The number of para-hydroxylation sites is 2. The lowest BCUT2D eigenvalue weighted by Crippen LogP contribution is -2.50. The minimum Gasteiger partial charge on any atom is -0.482 e. The standard InChI is InChI=1S/C23H36N6O3/c1-3-11-25-21(30)16-28-14-9-18(10-15-28)27-23(24-2)26-12-6-13-29-19-7-4-5-8-20(19)32-17-22(29)31/h4-5,7-8,18H,3,6,9-17H2,1-2H3,(H,25,30)(H2,24,26,27). The second-order valence-corrected chi connectivity index (χ2v) is 8.20. The summed E-state index contributed by atoms with van der Waals surface area (Å²) in [6.45, 7) is 6.49. The van der Waals surface area contributed by atoms with E-state index in [1.54, 1.807) is 11.9 Å². The molecular weight excluding hydrogens is 408 g/mol. The number of fused-ring (bicyclic) bond motifs is 1. The maximum Gasteiger partial charge on any atom is 0.265 e. The summed E-state index contributed by atoms with van der Waals surface area (Å²) in [7, 11) is 1.77. The third-order valence-electron chi connectivity index (χ3n) is 5.75. The average Bonchev–Trinajstić information content (AvgIpc) is 2.81. The number of carbonyl (C=O) groups excluding carboxylic acids is 2. The smallest absolute Gasteiger partial charge is 0.265 e. The van der Waals surface area contributed by atoms with Crippen molar-refractivity contribution in [3.63, 3.8) is 0 Å². The van der Waals surface area contributed by atoms with Crippen molar-refractivity contribution in [1.82, 2.24) is 20.9 Å². The highest BCUT2D eigenvalue weighted by atomic mass is 16.5. The molecule has 32 heavy (non-hydrogen) atoms. The first-order valence-corrected chi connectivity index (χ1v) is 11.6. The maximum absolute atomic E-state index is 12.3. The minimum atomic E-state index is -0.0126. The van der Waals surface area contributed by atoms with Gasteiger partial charge in [-0.05, 0) is 37.8 Å². The fourth-order valence-corrected chi connectivity index (χ4v) is 3.99. The first-order chi connectivity index (χ1) is 15.6. The van der Waals surface area contributed by atoms with E-state index in [0.29, 0.717) is 25.7 Å². The summed E-state index contributed by atoms with van der Waals surface area (Å²) in [5, 5.41) is 9.78. The van der Waals surface area contributed by atoms with Crippen molar-refractivity contribution >= 4 is 23.5 Å². The summed E-state index contributed by atoms with van der Waals surface area (Å²) in [5.41, 5.74) is 0.835. The van der Waals surface area contributed by atoms with E-state index in [4.69, 9.17) is 4.74 Å². The van der Waals surface area contributed by atoms with Crippen molar-refractivity contribution in [2.75, 3.05) is 57.8 Å². The fourth-order valence-electron chi connectivity index (χ4n) is 3.99. The monoisotopic (exact) mass is 444 g/mol. The molecule has 1 aromatic rings. The minimum absolute atomic E-state index is 0.0126. The Bertz CT molecular complexity index is 792. The number of amides is 2. The molecule has 2 heterocycles. The van der Waals surface area contributed by atoms with Gasteiger partial charge in [-0.2, -0.15) is 0 Å². The number of piperidine rings is 1. The van der Waals surface area contributed by atoms with Gasteiger partial charge in [-0.15, -0.1) is 0 Å². The Kier molecular flexibility index (Phi) is 9.15. The van der Waals surface area contributed by atoms with Gasteiger partial charge in [0.2, 0.25) is 5.91 Å². The molecule has 176 valence electrons. The SMILES string of the molecule is CCCNC(=O)CN1CCC(NC(=NC)NCCCN2C(=O)COc3ccccc32)CC1. The topological polar surface area (TPSA) is 98.3 Å². The molecule has 1 saturated heterocycles. The van der Waals surface area contributed by atoms with Crippen LogP contribution in [0, 0.1) is 0 Å². The van der Waals surface area contributed by atoms with E-state index in [2.05, 4.69) is 32.8 Å². The normalized spacial score (nSPS) is 17.5. The van der Waals surface area contributed by atoms with Crippen LogP contribution >= 0.6 is 0 Å². The van der Waals surface area contributed by atoms with Crippen LogP contribution in [0.1, 0.15) is 32.6 Å². The largest absolute Gasteiger partial charge is 0.482 e. The number of likely N-dealkylation sites (tertiary alicyclic amines) is 1. The number of guanidine groups is 1. The van der Waals surface area contributed by atoms with E-state index in [1.165, 1.54) is 0 Å². The summed E-state index contributed by atoms with van der Waals surface area (Å²) in [4.78, 5) is 32.5. The van der Waals surface area contributed by atoms with Gasteiger partial charge >= 0.3 is 0 Å². The van der Waals surface area contributed by atoms with E-state index < -0.39 is 0 Å². The quantitative estimate of drug-likeness (QED) is 0.298.